The van der Waals surface area contributed by atoms with Gasteiger partial charge in [-0.05, 0) is 53.2 Å². The highest BCUT2D eigenvalue weighted by molar-refractivity contribution is 7.11. The van der Waals surface area contributed by atoms with Gasteiger partial charge in [0.05, 0.1) is 11.7 Å². The monoisotopic (exact) mass is 291 g/mol. The van der Waals surface area contributed by atoms with Gasteiger partial charge in [-0.25, -0.2) is 0 Å². The van der Waals surface area contributed by atoms with Crippen LogP contribution >= 0.6 is 11.3 Å². The third kappa shape index (κ3) is 4.18. The van der Waals surface area contributed by atoms with Crippen molar-refractivity contribution in [3.05, 3.63) is 39.8 Å². The van der Waals surface area contributed by atoms with Crippen molar-refractivity contribution in [1.29, 1.82) is 0 Å². The maximum Gasteiger partial charge on any atom is 0.0543 e. The summed E-state index contributed by atoms with van der Waals surface area (Å²) in [4.78, 5) is 2.84. The summed E-state index contributed by atoms with van der Waals surface area (Å²) >= 11 is 1.89. The van der Waals surface area contributed by atoms with Gasteiger partial charge in [0.1, 0.15) is 0 Å². The fraction of sp³-hybridized carbons (Fsp3) is 0.562. The van der Waals surface area contributed by atoms with Crippen molar-refractivity contribution in [2.75, 3.05) is 0 Å². The van der Waals surface area contributed by atoms with Crippen molar-refractivity contribution < 1.29 is 0 Å². The molecule has 0 saturated carbocycles. The van der Waals surface area contributed by atoms with E-state index in [9.17, 15) is 0 Å². The number of rotatable bonds is 5. The number of nitrogens with zero attached hydrogens (tertiary/aromatic N) is 2. The van der Waals surface area contributed by atoms with Gasteiger partial charge in [-0.1, -0.05) is 0 Å². The number of thiophene rings is 1. The Balaban J connectivity index is 1.84. The Bertz CT molecular complexity index is 548. The molecule has 110 valence electrons. The molecule has 4 heteroatoms. The van der Waals surface area contributed by atoms with Crippen LogP contribution in [0.2, 0.25) is 0 Å². The second-order valence-corrected chi connectivity index (χ2v) is 7.83. The molecule has 2 aromatic rings. The van der Waals surface area contributed by atoms with Gasteiger partial charge >= 0.3 is 0 Å². The summed E-state index contributed by atoms with van der Waals surface area (Å²) < 4.78 is 2.03. The predicted molar refractivity (Wildman–Crippen MR) is 86.3 cm³/mol. The van der Waals surface area contributed by atoms with E-state index in [1.54, 1.807) is 0 Å². The minimum Gasteiger partial charge on any atom is -0.310 e. The van der Waals surface area contributed by atoms with Crippen molar-refractivity contribution in [1.82, 2.24) is 15.1 Å². The number of aryl methyl sites for hydroxylation is 1. The summed E-state index contributed by atoms with van der Waals surface area (Å²) in [6.07, 6.45) is 5.18. The van der Waals surface area contributed by atoms with Crippen molar-refractivity contribution in [3.63, 3.8) is 0 Å². The molecule has 20 heavy (non-hydrogen) atoms. The Morgan fingerprint density at radius 1 is 1.35 bits per heavy atom. The lowest BCUT2D eigenvalue weighted by Gasteiger charge is -2.18. The molecular formula is C16H25N3S. The number of hydrogen-bond acceptors (Lipinski definition) is 3. The Kier molecular flexibility index (Phi) is 4.66. The summed E-state index contributed by atoms with van der Waals surface area (Å²) in [7, 11) is 0. The van der Waals surface area contributed by atoms with Crippen LogP contribution in [-0.2, 0) is 18.5 Å². The van der Waals surface area contributed by atoms with Gasteiger partial charge in [0.2, 0.25) is 0 Å². The summed E-state index contributed by atoms with van der Waals surface area (Å²) in [6, 6.07) is 4.90. The van der Waals surface area contributed by atoms with Crippen molar-refractivity contribution in [2.45, 2.75) is 59.2 Å². The molecule has 1 atom stereocenters. The first-order valence-corrected chi connectivity index (χ1v) is 7.99. The Labute approximate surface area is 126 Å². The summed E-state index contributed by atoms with van der Waals surface area (Å²) in [5, 5.41) is 8.01. The highest BCUT2D eigenvalue weighted by atomic mass is 32.1. The average molecular weight is 291 g/mol. The van der Waals surface area contributed by atoms with E-state index >= 15 is 0 Å². The zero-order chi connectivity index (χ0) is 14.8. The lowest BCUT2D eigenvalue weighted by atomic mass is 10.1. The first kappa shape index (κ1) is 15.3. The first-order chi connectivity index (χ1) is 9.34. The van der Waals surface area contributed by atoms with E-state index in [4.69, 9.17) is 0 Å². The quantitative estimate of drug-likeness (QED) is 0.909. The topological polar surface area (TPSA) is 29.9 Å². The molecule has 3 nitrogen and oxygen atoms in total. The smallest absolute Gasteiger partial charge is 0.0543 e. The van der Waals surface area contributed by atoms with E-state index in [-0.39, 0.29) is 5.54 Å². The fourth-order valence-electron chi connectivity index (χ4n) is 2.08. The summed E-state index contributed by atoms with van der Waals surface area (Å²) in [6.45, 7) is 11.8. The normalized spacial score (nSPS) is 13.7. The summed E-state index contributed by atoms with van der Waals surface area (Å²) in [5.41, 5.74) is 1.30. The molecular weight excluding hydrogens is 266 g/mol. The molecule has 0 fully saturated rings. The molecule has 0 radical (unpaired) electrons. The minimum atomic E-state index is 0.0539. The van der Waals surface area contributed by atoms with E-state index in [1.807, 2.05) is 22.2 Å². The van der Waals surface area contributed by atoms with Crippen LogP contribution in [0.15, 0.2) is 24.5 Å². The molecule has 0 saturated heterocycles. The van der Waals surface area contributed by atoms with Crippen LogP contribution in [-0.4, -0.2) is 15.8 Å². The van der Waals surface area contributed by atoms with E-state index in [1.165, 1.54) is 15.3 Å². The molecule has 0 spiro atoms. The molecule has 1 unspecified atom stereocenters. The minimum absolute atomic E-state index is 0.0539. The zero-order valence-corrected chi connectivity index (χ0v) is 13.9. The summed E-state index contributed by atoms with van der Waals surface area (Å²) in [5.74, 6) is 0. The molecule has 0 amide bonds. The zero-order valence-electron chi connectivity index (χ0n) is 13.1. The second-order valence-electron chi connectivity index (χ2n) is 6.46. The Hall–Kier alpha value is -1.13. The maximum atomic E-state index is 4.43. The Morgan fingerprint density at radius 2 is 2.10 bits per heavy atom. The van der Waals surface area contributed by atoms with Crippen LogP contribution in [0.1, 0.15) is 43.0 Å². The van der Waals surface area contributed by atoms with Gasteiger partial charge < -0.3 is 5.32 Å². The van der Waals surface area contributed by atoms with Crippen LogP contribution in [0.25, 0.3) is 0 Å². The van der Waals surface area contributed by atoms with Gasteiger partial charge in [0, 0.05) is 34.1 Å². The predicted octanol–water partition coefficient (Wildman–Crippen LogP) is 3.73. The first-order valence-electron chi connectivity index (χ1n) is 7.17. The molecule has 0 aliphatic carbocycles. The number of aromatic nitrogens is 2. The van der Waals surface area contributed by atoms with E-state index < -0.39 is 0 Å². The van der Waals surface area contributed by atoms with Gasteiger partial charge in [0.15, 0.2) is 0 Å². The fourth-order valence-corrected chi connectivity index (χ4v) is 3.10. The standard InChI is InChI=1S/C16H25N3S/c1-12(8-15-7-6-13(2)20-15)17-9-14-10-18-19(11-14)16(3,4)5/h6-7,10-12,17H,8-9H2,1-5H3. The highest BCUT2D eigenvalue weighted by Gasteiger charge is 2.14. The molecule has 1 N–H and O–H groups in total. The third-order valence-electron chi connectivity index (χ3n) is 3.28. The molecule has 2 aromatic heterocycles. The second kappa shape index (κ2) is 6.10. The maximum absolute atomic E-state index is 4.43. The molecule has 2 rings (SSSR count). The van der Waals surface area contributed by atoms with E-state index in [0.29, 0.717) is 6.04 Å². The van der Waals surface area contributed by atoms with Gasteiger partial charge in [-0.3, -0.25) is 4.68 Å². The largest absolute Gasteiger partial charge is 0.310 e. The van der Waals surface area contributed by atoms with Crippen LogP contribution in [0, 0.1) is 6.92 Å². The van der Waals surface area contributed by atoms with Crippen molar-refractivity contribution in [2.24, 2.45) is 0 Å². The molecule has 0 aliphatic heterocycles. The van der Waals surface area contributed by atoms with Crippen molar-refractivity contribution >= 4 is 11.3 Å². The van der Waals surface area contributed by atoms with E-state index in [0.717, 1.165) is 13.0 Å². The molecule has 0 aromatic carbocycles. The highest BCUT2D eigenvalue weighted by Crippen LogP contribution is 2.17. The van der Waals surface area contributed by atoms with Gasteiger partial charge in [0.25, 0.3) is 0 Å². The number of nitrogens with one attached hydrogen (secondary N) is 1. The van der Waals surface area contributed by atoms with Gasteiger partial charge in [-0.15, -0.1) is 11.3 Å². The van der Waals surface area contributed by atoms with Crippen LogP contribution in [0.3, 0.4) is 0 Å². The molecule has 0 bridgehead atoms. The van der Waals surface area contributed by atoms with Gasteiger partial charge in [-0.2, -0.15) is 5.10 Å². The van der Waals surface area contributed by atoms with Crippen LogP contribution in [0.4, 0.5) is 0 Å². The average Bonchev–Trinajstić information content (AvgIpc) is 2.95. The van der Waals surface area contributed by atoms with Crippen molar-refractivity contribution in [3.8, 4) is 0 Å². The third-order valence-corrected chi connectivity index (χ3v) is 4.30. The van der Waals surface area contributed by atoms with Crippen LogP contribution in [0.5, 0.6) is 0 Å². The molecule has 2 heterocycles. The lowest BCUT2D eigenvalue weighted by Crippen LogP contribution is -2.27. The number of hydrogen-bond donors (Lipinski definition) is 1. The lowest BCUT2D eigenvalue weighted by molar-refractivity contribution is 0.355. The SMILES string of the molecule is Cc1ccc(CC(C)NCc2cnn(C(C)(C)C)c2)s1. The van der Waals surface area contributed by atoms with E-state index in [2.05, 4.69) is 63.4 Å². The van der Waals surface area contributed by atoms with Crippen LogP contribution < -0.4 is 5.32 Å². The molecule has 0 aliphatic rings. The Morgan fingerprint density at radius 3 is 2.65 bits per heavy atom.